The van der Waals surface area contributed by atoms with E-state index in [-0.39, 0.29) is 12.5 Å². The molecule has 0 spiro atoms. The molecule has 0 radical (unpaired) electrons. The Bertz CT molecular complexity index is 728. The Morgan fingerprint density at radius 2 is 2.00 bits per heavy atom. The van der Waals surface area contributed by atoms with Crippen molar-refractivity contribution in [1.82, 2.24) is 0 Å². The van der Waals surface area contributed by atoms with Gasteiger partial charge in [0.1, 0.15) is 12.4 Å². The predicted octanol–water partition coefficient (Wildman–Crippen LogP) is 3.76. The summed E-state index contributed by atoms with van der Waals surface area (Å²) in [6.45, 7) is 0.243. The summed E-state index contributed by atoms with van der Waals surface area (Å²) < 4.78 is 5.31. The quantitative estimate of drug-likeness (QED) is 0.854. The summed E-state index contributed by atoms with van der Waals surface area (Å²) in [5, 5.41) is 2.95. The molecule has 1 N–H and O–H groups in total. The highest BCUT2D eigenvalue weighted by atomic mass is 16.5. The molecule has 0 aliphatic heterocycles. The van der Waals surface area contributed by atoms with Crippen LogP contribution in [0, 0.1) is 12.3 Å². The largest absolute Gasteiger partial charge is 0.481 e. The predicted molar refractivity (Wildman–Crippen MR) is 91.5 cm³/mol. The topological polar surface area (TPSA) is 38.3 Å². The number of benzene rings is 2. The van der Waals surface area contributed by atoms with E-state index < -0.39 is 0 Å². The van der Waals surface area contributed by atoms with Crippen molar-refractivity contribution < 1.29 is 9.53 Å². The van der Waals surface area contributed by atoms with Gasteiger partial charge in [0.2, 0.25) is 5.91 Å². The molecular weight excluding hydrogens is 286 g/mol. The molecule has 0 fully saturated rings. The van der Waals surface area contributed by atoms with Gasteiger partial charge in [-0.05, 0) is 54.2 Å². The monoisotopic (exact) mass is 305 g/mol. The number of hydrogen-bond acceptors (Lipinski definition) is 2. The Hall–Kier alpha value is -2.73. The second-order valence-corrected chi connectivity index (χ2v) is 5.70. The van der Waals surface area contributed by atoms with E-state index >= 15 is 0 Å². The van der Waals surface area contributed by atoms with E-state index in [0.717, 1.165) is 18.5 Å². The molecule has 0 saturated carbocycles. The third-order valence-corrected chi connectivity index (χ3v) is 4.15. The third-order valence-electron chi connectivity index (χ3n) is 4.15. The molecule has 23 heavy (non-hydrogen) atoms. The molecule has 1 aliphatic carbocycles. The molecule has 2 aromatic rings. The lowest BCUT2D eigenvalue weighted by Crippen LogP contribution is -2.14. The SMILES string of the molecule is C#CCOc1ccc(NC(=O)CC2CCc3ccccc32)cc1. The van der Waals surface area contributed by atoms with Gasteiger partial charge in [0, 0.05) is 12.1 Å². The Morgan fingerprint density at radius 1 is 1.22 bits per heavy atom. The second-order valence-electron chi connectivity index (χ2n) is 5.70. The van der Waals surface area contributed by atoms with Crippen molar-refractivity contribution in [2.24, 2.45) is 0 Å². The number of nitrogens with one attached hydrogen (secondary N) is 1. The Kier molecular flexibility index (Phi) is 4.63. The Labute approximate surface area is 136 Å². The summed E-state index contributed by atoms with van der Waals surface area (Å²) in [4.78, 5) is 12.3. The molecule has 116 valence electrons. The number of carbonyl (C=O) groups is 1. The number of hydrogen-bond donors (Lipinski definition) is 1. The molecule has 3 rings (SSSR count). The first kappa shape index (κ1) is 15.2. The van der Waals surface area contributed by atoms with Crippen LogP contribution in [0.4, 0.5) is 5.69 Å². The van der Waals surface area contributed by atoms with Crippen molar-refractivity contribution in [2.75, 3.05) is 11.9 Å². The van der Waals surface area contributed by atoms with Gasteiger partial charge in [-0.15, -0.1) is 6.42 Å². The van der Waals surface area contributed by atoms with Crippen LogP contribution in [0.2, 0.25) is 0 Å². The average molecular weight is 305 g/mol. The van der Waals surface area contributed by atoms with Crippen LogP contribution in [0.25, 0.3) is 0 Å². The van der Waals surface area contributed by atoms with Crippen molar-refractivity contribution in [3.63, 3.8) is 0 Å². The van der Waals surface area contributed by atoms with E-state index in [2.05, 4.69) is 29.4 Å². The summed E-state index contributed by atoms with van der Waals surface area (Å²) in [6, 6.07) is 15.7. The van der Waals surface area contributed by atoms with Crippen LogP contribution in [0.5, 0.6) is 5.75 Å². The number of rotatable bonds is 5. The van der Waals surface area contributed by atoms with Gasteiger partial charge < -0.3 is 10.1 Å². The highest BCUT2D eigenvalue weighted by molar-refractivity contribution is 5.91. The molecule has 0 heterocycles. The highest BCUT2D eigenvalue weighted by Gasteiger charge is 2.24. The number of amides is 1. The molecule has 3 nitrogen and oxygen atoms in total. The Morgan fingerprint density at radius 3 is 2.78 bits per heavy atom. The molecule has 3 heteroatoms. The fourth-order valence-electron chi connectivity index (χ4n) is 3.05. The fraction of sp³-hybridized carbons (Fsp3) is 0.250. The standard InChI is InChI=1S/C20H19NO2/c1-2-13-23-18-11-9-17(10-12-18)21-20(22)14-16-8-7-15-5-3-4-6-19(15)16/h1,3-6,9-12,16H,7-8,13-14H2,(H,21,22). The van der Waals surface area contributed by atoms with Crippen LogP contribution in [0.1, 0.15) is 29.9 Å². The van der Waals surface area contributed by atoms with Crippen LogP contribution < -0.4 is 10.1 Å². The van der Waals surface area contributed by atoms with Crippen LogP contribution in [0.15, 0.2) is 48.5 Å². The lowest BCUT2D eigenvalue weighted by Gasteiger charge is -2.12. The minimum atomic E-state index is 0.0454. The maximum absolute atomic E-state index is 12.3. The van der Waals surface area contributed by atoms with Gasteiger partial charge >= 0.3 is 0 Å². The number of carbonyl (C=O) groups excluding carboxylic acids is 1. The lowest BCUT2D eigenvalue weighted by atomic mass is 9.97. The fourth-order valence-corrected chi connectivity index (χ4v) is 3.05. The molecule has 1 unspecified atom stereocenters. The van der Waals surface area contributed by atoms with Crippen molar-refractivity contribution in [2.45, 2.75) is 25.2 Å². The maximum atomic E-state index is 12.3. The summed E-state index contributed by atoms with van der Waals surface area (Å²) in [7, 11) is 0. The van der Waals surface area contributed by atoms with Crippen LogP contribution >= 0.6 is 0 Å². The van der Waals surface area contributed by atoms with E-state index in [4.69, 9.17) is 11.2 Å². The molecule has 1 amide bonds. The molecule has 0 bridgehead atoms. The first-order valence-corrected chi connectivity index (χ1v) is 7.80. The number of anilines is 1. The van der Waals surface area contributed by atoms with Gasteiger partial charge in [-0.25, -0.2) is 0 Å². The molecule has 2 aromatic carbocycles. The van der Waals surface area contributed by atoms with E-state index in [0.29, 0.717) is 18.1 Å². The maximum Gasteiger partial charge on any atom is 0.224 e. The molecule has 1 aliphatic rings. The normalized spacial score (nSPS) is 15.5. The molecule has 0 saturated heterocycles. The van der Waals surface area contributed by atoms with Gasteiger partial charge in [0.25, 0.3) is 0 Å². The number of fused-ring (bicyclic) bond motifs is 1. The van der Waals surface area contributed by atoms with E-state index in [1.165, 1.54) is 11.1 Å². The third kappa shape index (κ3) is 3.73. The average Bonchev–Trinajstić information content (AvgIpc) is 2.97. The van der Waals surface area contributed by atoms with Crippen molar-refractivity contribution in [1.29, 1.82) is 0 Å². The smallest absolute Gasteiger partial charge is 0.224 e. The van der Waals surface area contributed by atoms with Gasteiger partial charge in [0.15, 0.2) is 0 Å². The zero-order valence-corrected chi connectivity index (χ0v) is 12.9. The van der Waals surface area contributed by atoms with Crippen LogP contribution in [0.3, 0.4) is 0 Å². The van der Waals surface area contributed by atoms with Gasteiger partial charge in [0.05, 0.1) is 0 Å². The summed E-state index contributed by atoms with van der Waals surface area (Å²) >= 11 is 0. The van der Waals surface area contributed by atoms with Gasteiger partial charge in [-0.3, -0.25) is 4.79 Å². The number of terminal acetylenes is 1. The lowest BCUT2D eigenvalue weighted by molar-refractivity contribution is -0.116. The minimum Gasteiger partial charge on any atom is -0.481 e. The molecule has 0 aromatic heterocycles. The second kappa shape index (κ2) is 7.02. The summed E-state index contributed by atoms with van der Waals surface area (Å²) in [5.41, 5.74) is 3.47. The van der Waals surface area contributed by atoms with Crippen molar-refractivity contribution >= 4 is 11.6 Å². The van der Waals surface area contributed by atoms with Crippen LogP contribution in [-0.2, 0) is 11.2 Å². The Balaban J connectivity index is 1.57. The van der Waals surface area contributed by atoms with Gasteiger partial charge in [-0.1, -0.05) is 30.2 Å². The van der Waals surface area contributed by atoms with E-state index in [1.54, 1.807) is 12.1 Å². The summed E-state index contributed by atoms with van der Waals surface area (Å²) in [6.07, 6.45) is 7.78. The first-order valence-electron chi connectivity index (χ1n) is 7.80. The van der Waals surface area contributed by atoms with Gasteiger partial charge in [-0.2, -0.15) is 0 Å². The van der Waals surface area contributed by atoms with E-state index in [9.17, 15) is 4.79 Å². The van der Waals surface area contributed by atoms with Crippen LogP contribution in [-0.4, -0.2) is 12.5 Å². The molecular formula is C20H19NO2. The number of aryl methyl sites for hydroxylation is 1. The first-order chi connectivity index (χ1) is 11.3. The summed E-state index contributed by atoms with van der Waals surface area (Å²) in [5.74, 6) is 3.49. The minimum absolute atomic E-state index is 0.0454. The zero-order chi connectivity index (χ0) is 16.1. The highest BCUT2D eigenvalue weighted by Crippen LogP contribution is 2.35. The van der Waals surface area contributed by atoms with Crippen molar-refractivity contribution in [3.05, 3.63) is 59.7 Å². The molecule has 1 atom stereocenters. The van der Waals surface area contributed by atoms with E-state index in [1.807, 2.05) is 18.2 Å². The van der Waals surface area contributed by atoms with Crippen molar-refractivity contribution in [3.8, 4) is 18.1 Å². The zero-order valence-electron chi connectivity index (χ0n) is 12.9. The number of ether oxygens (including phenoxy) is 1.